The maximum Gasteiger partial charge on any atom is 0.336 e. The number of ether oxygens (including phenoxy) is 3. The average Bonchev–Trinajstić information content (AvgIpc) is 2.89. The molecule has 0 fully saturated rings. The topological polar surface area (TPSA) is 85.3 Å². The van der Waals surface area contributed by atoms with Gasteiger partial charge >= 0.3 is 5.97 Å². The molecule has 0 heterocycles. The molecule has 184 valence electrons. The minimum Gasteiger partial charge on any atom is -0.493 e. The molecular weight excluding hydrogens is 446 g/mol. The van der Waals surface area contributed by atoms with Gasteiger partial charge in [-0.3, -0.25) is 4.79 Å². The molecule has 0 atom stereocenters. The van der Waals surface area contributed by atoms with Crippen molar-refractivity contribution in [3.8, 4) is 17.2 Å². The highest BCUT2D eigenvalue weighted by molar-refractivity contribution is 5.89. The number of carboxylic acid groups (broad SMARTS) is 1. The van der Waals surface area contributed by atoms with Crippen LogP contribution in [-0.4, -0.2) is 49.7 Å². The summed E-state index contributed by atoms with van der Waals surface area (Å²) in [5.74, 6) is 1.11. The smallest absolute Gasteiger partial charge is 0.336 e. The molecule has 7 nitrogen and oxygen atoms in total. The molecule has 35 heavy (non-hydrogen) atoms. The zero-order chi connectivity index (χ0) is 25.2. The Balaban J connectivity index is 1.45. The Kier molecular flexibility index (Phi) is 9.12. The van der Waals surface area contributed by atoms with Crippen LogP contribution in [0.4, 0.5) is 0 Å². The van der Waals surface area contributed by atoms with Gasteiger partial charge in [-0.05, 0) is 54.3 Å². The molecule has 0 aliphatic heterocycles. The highest BCUT2D eigenvalue weighted by Crippen LogP contribution is 2.27. The van der Waals surface area contributed by atoms with Gasteiger partial charge in [-0.2, -0.15) is 0 Å². The number of carboxylic acids is 1. The first-order valence-corrected chi connectivity index (χ1v) is 11.4. The first kappa shape index (κ1) is 25.6. The van der Waals surface area contributed by atoms with Crippen molar-refractivity contribution in [3.63, 3.8) is 0 Å². The number of nitrogens with zero attached hydrogens (tertiary/aromatic N) is 1. The van der Waals surface area contributed by atoms with Gasteiger partial charge in [0, 0.05) is 25.6 Å². The van der Waals surface area contributed by atoms with Crippen molar-refractivity contribution in [2.75, 3.05) is 27.8 Å². The second kappa shape index (κ2) is 12.5. The van der Waals surface area contributed by atoms with Crippen molar-refractivity contribution in [2.45, 2.75) is 25.9 Å². The summed E-state index contributed by atoms with van der Waals surface area (Å²) < 4.78 is 16.4. The number of carbonyl (C=O) groups excluding carboxylic acids is 1. The van der Waals surface area contributed by atoms with Crippen LogP contribution in [0.25, 0.3) is 0 Å². The molecule has 0 spiro atoms. The van der Waals surface area contributed by atoms with Crippen molar-refractivity contribution in [2.24, 2.45) is 0 Å². The molecule has 0 unspecified atom stereocenters. The van der Waals surface area contributed by atoms with Gasteiger partial charge < -0.3 is 24.2 Å². The number of benzene rings is 3. The highest BCUT2D eigenvalue weighted by atomic mass is 16.5. The van der Waals surface area contributed by atoms with E-state index in [9.17, 15) is 14.7 Å². The fourth-order valence-corrected chi connectivity index (χ4v) is 3.67. The Labute approximate surface area is 205 Å². The van der Waals surface area contributed by atoms with E-state index in [2.05, 4.69) is 0 Å². The van der Waals surface area contributed by atoms with Gasteiger partial charge in [0.25, 0.3) is 0 Å². The summed E-state index contributed by atoms with van der Waals surface area (Å²) in [7, 11) is 5.02. The molecule has 0 aliphatic rings. The normalized spacial score (nSPS) is 10.5. The van der Waals surface area contributed by atoms with E-state index in [0.29, 0.717) is 42.2 Å². The van der Waals surface area contributed by atoms with Crippen LogP contribution in [0.3, 0.4) is 0 Å². The molecule has 7 heteroatoms. The predicted octanol–water partition coefficient (Wildman–Crippen LogP) is 4.61. The summed E-state index contributed by atoms with van der Waals surface area (Å²) in [6.45, 7) is 0.782. The molecule has 1 N–H and O–H groups in total. The molecule has 0 saturated heterocycles. The third-order valence-electron chi connectivity index (χ3n) is 5.80. The van der Waals surface area contributed by atoms with E-state index in [1.165, 1.54) is 0 Å². The molecule has 3 rings (SSSR count). The van der Waals surface area contributed by atoms with E-state index >= 15 is 0 Å². The number of aromatic carboxylic acids is 1. The SMILES string of the molecule is COc1ccc(CCN(C)C(=O)CCc2ccc(OCc3ccccc3C(=O)O)cc2)cc1OC. The van der Waals surface area contributed by atoms with Crippen LogP contribution in [0.2, 0.25) is 0 Å². The van der Waals surface area contributed by atoms with Gasteiger partial charge in [0.2, 0.25) is 5.91 Å². The summed E-state index contributed by atoms with van der Waals surface area (Å²) in [5, 5.41) is 9.28. The summed E-state index contributed by atoms with van der Waals surface area (Å²) >= 11 is 0. The van der Waals surface area contributed by atoms with Crippen molar-refractivity contribution < 1.29 is 28.9 Å². The second-order valence-corrected chi connectivity index (χ2v) is 8.15. The molecule has 3 aromatic rings. The third-order valence-corrected chi connectivity index (χ3v) is 5.80. The van der Waals surface area contributed by atoms with Crippen LogP contribution < -0.4 is 14.2 Å². The molecule has 0 aromatic heterocycles. The lowest BCUT2D eigenvalue weighted by Crippen LogP contribution is -2.29. The van der Waals surface area contributed by atoms with Crippen LogP contribution >= 0.6 is 0 Å². The highest BCUT2D eigenvalue weighted by Gasteiger charge is 2.12. The van der Waals surface area contributed by atoms with Crippen molar-refractivity contribution in [1.29, 1.82) is 0 Å². The number of amides is 1. The maximum absolute atomic E-state index is 12.6. The number of aryl methyl sites for hydroxylation is 1. The first-order valence-electron chi connectivity index (χ1n) is 11.4. The van der Waals surface area contributed by atoms with E-state index in [-0.39, 0.29) is 18.1 Å². The van der Waals surface area contributed by atoms with Crippen molar-refractivity contribution in [1.82, 2.24) is 4.90 Å². The van der Waals surface area contributed by atoms with Crippen molar-refractivity contribution in [3.05, 3.63) is 89.0 Å². The first-order chi connectivity index (χ1) is 16.9. The zero-order valence-corrected chi connectivity index (χ0v) is 20.3. The number of hydrogen-bond acceptors (Lipinski definition) is 5. The third kappa shape index (κ3) is 7.24. The van der Waals surface area contributed by atoms with E-state index < -0.39 is 5.97 Å². The standard InChI is InChI=1S/C28H31NO6/c1-29(17-16-21-10-14-25(33-2)26(18-21)34-3)27(30)15-11-20-8-12-23(13-9-20)35-19-22-6-4-5-7-24(22)28(31)32/h4-10,12-14,18H,11,15-17,19H2,1-3H3,(H,31,32). The predicted molar refractivity (Wildman–Crippen MR) is 133 cm³/mol. The molecule has 0 bridgehead atoms. The van der Waals surface area contributed by atoms with Crippen LogP contribution in [0.5, 0.6) is 17.2 Å². The van der Waals surface area contributed by atoms with Crippen LogP contribution in [0.15, 0.2) is 66.7 Å². The fourth-order valence-electron chi connectivity index (χ4n) is 3.67. The maximum atomic E-state index is 12.6. The summed E-state index contributed by atoms with van der Waals surface area (Å²) in [6.07, 6.45) is 1.76. The Morgan fingerprint density at radius 1 is 0.857 bits per heavy atom. The number of methoxy groups -OCH3 is 2. The molecule has 0 aliphatic carbocycles. The van der Waals surface area contributed by atoms with Gasteiger partial charge in [-0.15, -0.1) is 0 Å². The Hall–Kier alpha value is -4.00. The summed E-state index contributed by atoms with van der Waals surface area (Å²) in [5.41, 5.74) is 2.96. The lowest BCUT2D eigenvalue weighted by atomic mass is 10.1. The van der Waals surface area contributed by atoms with Crippen LogP contribution in [0.1, 0.15) is 33.5 Å². The lowest BCUT2D eigenvalue weighted by molar-refractivity contribution is -0.129. The number of likely N-dealkylation sites (N-methyl/N-ethyl adjacent to an activating group) is 1. The second-order valence-electron chi connectivity index (χ2n) is 8.15. The fraction of sp³-hybridized carbons (Fsp3) is 0.286. The molecule has 1 amide bonds. The molecular formula is C28H31NO6. The minimum absolute atomic E-state index is 0.0797. The van der Waals surface area contributed by atoms with Crippen LogP contribution in [0, 0.1) is 0 Å². The summed E-state index contributed by atoms with van der Waals surface area (Å²) in [6, 6.07) is 20.1. The Morgan fingerprint density at radius 3 is 2.23 bits per heavy atom. The van der Waals surface area contributed by atoms with Gasteiger partial charge in [-0.1, -0.05) is 36.4 Å². The van der Waals surface area contributed by atoms with Gasteiger partial charge in [-0.25, -0.2) is 4.79 Å². The van der Waals surface area contributed by atoms with E-state index in [1.54, 1.807) is 43.4 Å². The molecule has 0 saturated carbocycles. The summed E-state index contributed by atoms with van der Waals surface area (Å²) in [4.78, 5) is 25.6. The monoisotopic (exact) mass is 477 g/mol. The lowest BCUT2D eigenvalue weighted by Gasteiger charge is -2.18. The van der Waals surface area contributed by atoms with Gasteiger partial charge in [0.15, 0.2) is 11.5 Å². The quantitative estimate of drug-likeness (QED) is 0.410. The van der Waals surface area contributed by atoms with Gasteiger partial charge in [0.1, 0.15) is 12.4 Å². The van der Waals surface area contributed by atoms with E-state index in [1.807, 2.05) is 49.5 Å². The van der Waals surface area contributed by atoms with E-state index in [0.717, 1.165) is 17.5 Å². The number of carbonyl (C=O) groups is 2. The number of hydrogen-bond donors (Lipinski definition) is 1. The minimum atomic E-state index is -0.974. The van der Waals surface area contributed by atoms with Gasteiger partial charge in [0.05, 0.1) is 19.8 Å². The average molecular weight is 478 g/mol. The van der Waals surface area contributed by atoms with Crippen molar-refractivity contribution >= 4 is 11.9 Å². The molecule has 0 radical (unpaired) electrons. The zero-order valence-electron chi connectivity index (χ0n) is 20.3. The van der Waals surface area contributed by atoms with Crippen LogP contribution in [-0.2, 0) is 24.2 Å². The Bertz CT molecular complexity index is 1140. The number of rotatable bonds is 12. The Morgan fingerprint density at radius 2 is 1.54 bits per heavy atom. The largest absolute Gasteiger partial charge is 0.493 e. The molecule has 3 aromatic carbocycles. The van der Waals surface area contributed by atoms with E-state index in [4.69, 9.17) is 14.2 Å².